The SMILES string of the molecule is CCCCCCCCCCCCO[NH3+].[Br-]. The third-order valence-electron chi connectivity index (χ3n) is 2.64. The Balaban J connectivity index is 0. The molecule has 0 aromatic carbocycles. The quantitative estimate of drug-likeness (QED) is 0.423. The molecule has 15 heavy (non-hydrogen) atoms. The van der Waals surface area contributed by atoms with Crippen LogP contribution in [0.15, 0.2) is 0 Å². The average molecular weight is 282 g/mol. The number of rotatable bonds is 11. The van der Waals surface area contributed by atoms with Gasteiger partial charge >= 0.3 is 0 Å². The molecule has 0 saturated carbocycles. The Morgan fingerprint density at radius 1 is 0.733 bits per heavy atom. The van der Waals surface area contributed by atoms with E-state index in [1.54, 1.807) is 0 Å². The summed E-state index contributed by atoms with van der Waals surface area (Å²) in [5.74, 6) is 3.36. The van der Waals surface area contributed by atoms with Crippen LogP contribution < -0.4 is 22.9 Å². The fourth-order valence-electron chi connectivity index (χ4n) is 1.69. The van der Waals surface area contributed by atoms with Crippen molar-refractivity contribution in [2.75, 3.05) is 6.61 Å². The summed E-state index contributed by atoms with van der Waals surface area (Å²) >= 11 is 0. The molecule has 0 atom stereocenters. The second-order valence-corrected chi connectivity index (χ2v) is 4.09. The smallest absolute Gasteiger partial charge is 0.106 e. The highest BCUT2D eigenvalue weighted by Crippen LogP contribution is 2.10. The Hall–Kier alpha value is 0.400. The predicted molar refractivity (Wildman–Crippen MR) is 60.7 cm³/mol. The monoisotopic (exact) mass is 281 g/mol. The van der Waals surface area contributed by atoms with E-state index in [2.05, 4.69) is 12.8 Å². The van der Waals surface area contributed by atoms with Crippen LogP contribution in [0.5, 0.6) is 0 Å². The Labute approximate surface area is 106 Å². The zero-order chi connectivity index (χ0) is 10.5. The first-order chi connectivity index (χ1) is 6.91. The maximum absolute atomic E-state index is 4.76. The van der Waals surface area contributed by atoms with Gasteiger partial charge in [-0.15, -0.1) is 0 Å². The minimum Gasteiger partial charge on any atom is -1.00 e. The molecule has 2 nitrogen and oxygen atoms in total. The van der Waals surface area contributed by atoms with Gasteiger partial charge in [0.1, 0.15) is 6.61 Å². The lowest BCUT2D eigenvalue weighted by atomic mass is 10.1. The minimum atomic E-state index is 0. The first-order valence-corrected chi connectivity index (χ1v) is 6.28. The standard InChI is InChI=1S/C12H28NO.BrH/c1-2-3-4-5-6-7-8-9-10-11-12-14-13;/h2-12H2,1,13H3;1H/q+1;/p-1. The Morgan fingerprint density at radius 3 is 1.53 bits per heavy atom. The summed E-state index contributed by atoms with van der Waals surface area (Å²) in [7, 11) is 0. The maximum atomic E-state index is 4.76. The summed E-state index contributed by atoms with van der Waals surface area (Å²) in [5.41, 5.74) is 0. The first kappa shape index (κ1) is 17.8. The van der Waals surface area contributed by atoms with E-state index in [9.17, 15) is 0 Å². The Kier molecular flexibility index (Phi) is 19.9. The van der Waals surface area contributed by atoms with Gasteiger partial charge in [-0.2, -0.15) is 0 Å². The van der Waals surface area contributed by atoms with Crippen LogP contribution in [0.2, 0.25) is 0 Å². The molecule has 3 heteroatoms. The molecule has 0 rings (SSSR count). The van der Waals surface area contributed by atoms with Gasteiger partial charge in [-0.25, -0.2) is 10.7 Å². The molecule has 0 bridgehead atoms. The van der Waals surface area contributed by atoms with Crippen molar-refractivity contribution < 1.29 is 27.7 Å². The van der Waals surface area contributed by atoms with Crippen LogP contribution in [0.25, 0.3) is 0 Å². The average Bonchev–Trinajstić information content (AvgIpc) is 2.21. The summed E-state index contributed by atoms with van der Waals surface area (Å²) in [6.07, 6.45) is 13.8. The van der Waals surface area contributed by atoms with Crippen molar-refractivity contribution in [3.05, 3.63) is 0 Å². The molecule has 0 spiro atoms. The molecule has 0 heterocycles. The van der Waals surface area contributed by atoms with Gasteiger partial charge in [0.2, 0.25) is 0 Å². The highest BCUT2D eigenvalue weighted by Gasteiger charge is 1.92. The minimum absolute atomic E-state index is 0. The van der Waals surface area contributed by atoms with Crippen molar-refractivity contribution >= 4 is 0 Å². The van der Waals surface area contributed by atoms with Gasteiger partial charge in [0.25, 0.3) is 0 Å². The summed E-state index contributed by atoms with van der Waals surface area (Å²) < 4.78 is 0. The second kappa shape index (κ2) is 16.8. The van der Waals surface area contributed by atoms with E-state index in [1.165, 1.54) is 64.2 Å². The Morgan fingerprint density at radius 2 is 1.13 bits per heavy atom. The molecule has 0 unspecified atom stereocenters. The lowest BCUT2D eigenvalue weighted by molar-refractivity contribution is -0.689. The van der Waals surface area contributed by atoms with E-state index >= 15 is 0 Å². The van der Waals surface area contributed by atoms with Crippen molar-refractivity contribution in [3.8, 4) is 0 Å². The highest BCUT2D eigenvalue weighted by molar-refractivity contribution is 4.46. The van der Waals surface area contributed by atoms with Gasteiger partial charge in [-0.05, 0) is 6.42 Å². The second-order valence-electron chi connectivity index (χ2n) is 4.09. The lowest BCUT2D eigenvalue weighted by Gasteiger charge is -2.00. The van der Waals surface area contributed by atoms with E-state index in [4.69, 9.17) is 4.84 Å². The normalized spacial score (nSPS) is 10.0. The van der Waals surface area contributed by atoms with E-state index in [0.717, 1.165) is 6.61 Å². The molecule has 3 N–H and O–H groups in total. The van der Waals surface area contributed by atoms with Crippen molar-refractivity contribution in [1.82, 2.24) is 0 Å². The fraction of sp³-hybridized carbons (Fsp3) is 1.00. The highest BCUT2D eigenvalue weighted by atomic mass is 79.9. The molecule has 0 saturated heterocycles. The molecular weight excluding hydrogens is 254 g/mol. The summed E-state index contributed by atoms with van der Waals surface area (Å²) in [5, 5.41) is 0. The van der Waals surface area contributed by atoms with Gasteiger partial charge in [0.15, 0.2) is 0 Å². The maximum Gasteiger partial charge on any atom is 0.106 e. The molecule has 0 aromatic rings. The molecular formula is C12H28BrNO. The van der Waals surface area contributed by atoms with E-state index in [-0.39, 0.29) is 17.0 Å². The van der Waals surface area contributed by atoms with Crippen molar-refractivity contribution in [1.29, 1.82) is 0 Å². The summed E-state index contributed by atoms with van der Waals surface area (Å²) in [6, 6.07) is 0. The number of hydrogen-bond donors (Lipinski definition) is 1. The number of quaternary nitrogens is 1. The van der Waals surface area contributed by atoms with Crippen LogP contribution in [0.3, 0.4) is 0 Å². The third kappa shape index (κ3) is 17.0. The molecule has 0 aliphatic rings. The van der Waals surface area contributed by atoms with Crippen LogP contribution in [0.4, 0.5) is 0 Å². The van der Waals surface area contributed by atoms with Crippen LogP contribution in [0, 0.1) is 0 Å². The van der Waals surface area contributed by atoms with Gasteiger partial charge in [0, 0.05) is 0 Å². The summed E-state index contributed by atoms with van der Waals surface area (Å²) in [4.78, 5) is 4.76. The van der Waals surface area contributed by atoms with Gasteiger partial charge in [0.05, 0.1) is 0 Å². The summed E-state index contributed by atoms with van der Waals surface area (Å²) in [6.45, 7) is 3.10. The van der Waals surface area contributed by atoms with Crippen molar-refractivity contribution in [2.24, 2.45) is 0 Å². The van der Waals surface area contributed by atoms with Crippen LogP contribution in [-0.4, -0.2) is 6.61 Å². The van der Waals surface area contributed by atoms with E-state index in [0.29, 0.717) is 0 Å². The molecule has 0 radical (unpaired) electrons. The van der Waals surface area contributed by atoms with Crippen LogP contribution in [-0.2, 0) is 4.84 Å². The van der Waals surface area contributed by atoms with E-state index < -0.39 is 0 Å². The van der Waals surface area contributed by atoms with Gasteiger partial charge in [-0.1, -0.05) is 64.7 Å². The van der Waals surface area contributed by atoms with Crippen LogP contribution in [0.1, 0.15) is 71.1 Å². The largest absolute Gasteiger partial charge is 1.00 e. The van der Waals surface area contributed by atoms with Crippen molar-refractivity contribution in [2.45, 2.75) is 71.1 Å². The lowest BCUT2D eigenvalue weighted by Crippen LogP contribution is -3.00. The number of hydrogen-bond acceptors (Lipinski definition) is 1. The van der Waals surface area contributed by atoms with Crippen molar-refractivity contribution in [3.63, 3.8) is 0 Å². The van der Waals surface area contributed by atoms with Gasteiger partial charge in [-0.3, -0.25) is 0 Å². The molecule has 0 aliphatic heterocycles. The topological polar surface area (TPSA) is 36.9 Å². The van der Waals surface area contributed by atoms with Gasteiger partial charge < -0.3 is 17.0 Å². The zero-order valence-corrected chi connectivity index (χ0v) is 11.9. The predicted octanol–water partition coefficient (Wildman–Crippen LogP) is 0.0848. The first-order valence-electron chi connectivity index (χ1n) is 6.28. The fourth-order valence-corrected chi connectivity index (χ4v) is 1.69. The third-order valence-corrected chi connectivity index (χ3v) is 2.64. The zero-order valence-electron chi connectivity index (χ0n) is 10.3. The molecule has 94 valence electrons. The van der Waals surface area contributed by atoms with Crippen LogP contribution >= 0.6 is 0 Å². The number of halogens is 1. The molecule has 0 fully saturated rings. The Bertz CT molecular complexity index is 89.6. The molecule has 0 aliphatic carbocycles. The van der Waals surface area contributed by atoms with E-state index in [1.807, 2.05) is 0 Å². The number of unbranched alkanes of at least 4 members (excludes halogenated alkanes) is 9. The molecule has 0 amide bonds. The molecule has 0 aromatic heterocycles.